The van der Waals surface area contributed by atoms with Gasteiger partial charge in [0.1, 0.15) is 11.5 Å². The summed E-state index contributed by atoms with van der Waals surface area (Å²) in [4.78, 5) is 12.2. The Morgan fingerprint density at radius 2 is 1.90 bits per heavy atom. The molecule has 1 amide bonds. The Balaban J connectivity index is 2.25. The summed E-state index contributed by atoms with van der Waals surface area (Å²) in [6.45, 7) is 0. The molecule has 20 heavy (non-hydrogen) atoms. The van der Waals surface area contributed by atoms with E-state index in [0.717, 1.165) is 0 Å². The topological polar surface area (TPSA) is 73.6 Å². The number of hydrogen-bond acceptors (Lipinski definition) is 4. The highest BCUT2D eigenvalue weighted by Gasteiger charge is 2.10. The van der Waals surface area contributed by atoms with Crippen molar-refractivity contribution in [3.8, 4) is 11.5 Å². The first-order chi connectivity index (χ1) is 9.63. The van der Waals surface area contributed by atoms with E-state index in [1.807, 2.05) is 0 Å². The van der Waals surface area contributed by atoms with Crippen LogP contribution in [0.1, 0.15) is 10.4 Å². The number of nitrogens with one attached hydrogen (secondary N) is 1. The van der Waals surface area contributed by atoms with Crippen LogP contribution in [-0.2, 0) is 0 Å². The first kappa shape index (κ1) is 13.7. The number of carbonyl (C=O) groups excluding carboxylic acids is 1. The molecule has 0 unspecified atom stereocenters. The number of amides is 1. The van der Waals surface area contributed by atoms with Crippen molar-refractivity contribution in [1.29, 1.82) is 0 Å². The third kappa shape index (κ3) is 3.00. The van der Waals surface area contributed by atoms with Gasteiger partial charge in [0.25, 0.3) is 5.91 Å². The van der Waals surface area contributed by atoms with Gasteiger partial charge >= 0.3 is 0 Å². The summed E-state index contributed by atoms with van der Waals surface area (Å²) in [5.41, 5.74) is 7.29. The van der Waals surface area contributed by atoms with Gasteiger partial charge in [-0.25, -0.2) is 0 Å². The lowest BCUT2D eigenvalue weighted by atomic mass is 10.2. The Bertz CT molecular complexity index is 626. The molecule has 0 bridgehead atoms. The molecule has 0 aliphatic carbocycles. The molecule has 0 atom stereocenters. The lowest BCUT2D eigenvalue weighted by molar-refractivity contribution is 0.102. The number of ether oxygens (including phenoxy) is 2. The maximum Gasteiger partial charge on any atom is 0.255 e. The number of anilines is 2. The van der Waals surface area contributed by atoms with Crippen LogP contribution < -0.4 is 20.5 Å². The van der Waals surface area contributed by atoms with E-state index < -0.39 is 0 Å². The van der Waals surface area contributed by atoms with E-state index in [1.54, 1.807) is 49.6 Å². The fraction of sp³-hybridized carbons (Fsp3) is 0.133. The van der Waals surface area contributed by atoms with E-state index in [4.69, 9.17) is 15.2 Å². The van der Waals surface area contributed by atoms with Crippen molar-refractivity contribution in [3.63, 3.8) is 0 Å². The van der Waals surface area contributed by atoms with Crippen LogP contribution in [0.2, 0.25) is 0 Å². The molecule has 0 saturated carbocycles. The standard InChI is InChI=1S/C15H16N2O3/c1-19-12-5-3-4-10(8-12)15(18)17-13-9-11(16)6-7-14(13)20-2/h3-9H,16H2,1-2H3,(H,17,18). The molecule has 0 radical (unpaired) electrons. The maximum absolute atomic E-state index is 12.2. The maximum atomic E-state index is 12.2. The Morgan fingerprint density at radius 1 is 1.10 bits per heavy atom. The van der Waals surface area contributed by atoms with Crippen LogP contribution in [-0.4, -0.2) is 20.1 Å². The average Bonchev–Trinajstić information content (AvgIpc) is 2.47. The molecule has 5 nitrogen and oxygen atoms in total. The number of carbonyl (C=O) groups is 1. The van der Waals surface area contributed by atoms with Crippen LogP contribution in [0.3, 0.4) is 0 Å². The first-order valence-corrected chi connectivity index (χ1v) is 6.03. The van der Waals surface area contributed by atoms with Crippen molar-refractivity contribution < 1.29 is 14.3 Å². The summed E-state index contributed by atoms with van der Waals surface area (Å²) >= 11 is 0. The lowest BCUT2D eigenvalue weighted by Crippen LogP contribution is -2.13. The predicted molar refractivity (Wildman–Crippen MR) is 78.4 cm³/mol. The molecule has 2 aromatic carbocycles. The molecule has 0 aromatic heterocycles. The van der Waals surface area contributed by atoms with Gasteiger partial charge in [-0.3, -0.25) is 4.79 Å². The largest absolute Gasteiger partial charge is 0.497 e. The summed E-state index contributed by atoms with van der Waals surface area (Å²) in [6, 6.07) is 12.0. The molecule has 0 aliphatic rings. The van der Waals surface area contributed by atoms with E-state index in [0.29, 0.717) is 28.4 Å². The molecule has 104 valence electrons. The highest BCUT2D eigenvalue weighted by atomic mass is 16.5. The van der Waals surface area contributed by atoms with E-state index >= 15 is 0 Å². The number of benzene rings is 2. The minimum Gasteiger partial charge on any atom is -0.497 e. The minimum absolute atomic E-state index is 0.257. The fourth-order valence-electron chi connectivity index (χ4n) is 1.78. The smallest absolute Gasteiger partial charge is 0.255 e. The second kappa shape index (κ2) is 5.97. The minimum atomic E-state index is -0.257. The van der Waals surface area contributed by atoms with Gasteiger partial charge in [0.05, 0.1) is 19.9 Å². The van der Waals surface area contributed by atoms with Gasteiger partial charge in [-0.1, -0.05) is 6.07 Å². The zero-order valence-electron chi connectivity index (χ0n) is 11.3. The summed E-state index contributed by atoms with van der Waals surface area (Å²) < 4.78 is 10.3. The van der Waals surface area contributed by atoms with Crippen molar-refractivity contribution in [1.82, 2.24) is 0 Å². The number of nitrogens with two attached hydrogens (primary N) is 1. The number of rotatable bonds is 4. The van der Waals surface area contributed by atoms with Crippen molar-refractivity contribution in [3.05, 3.63) is 48.0 Å². The van der Waals surface area contributed by atoms with Crippen molar-refractivity contribution in [2.45, 2.75) is 0 Å². The van der Waals surface area contributed by atoms with E-state index in [9.17, 15) is 4.79 Å². The first-order valence-electron chi connectivity index (χ1n) is 6.03. The number of methoxy groups -OCH3 is 2. The van der Waals surface area contributed by atoms with Gasteiger partial charge in [0.15, 0.2) is 0 Å². The van der Waals surface area contributed by atoms with Gasteiger partial charge < -0.3 is 20.5 Å². The quantitative estimate of drug-likeness (QED) is 0.839. The SMILES string of the molecule is COc1cccc(C(=O)Nc2cc(N)ccc2OC)c1. The molecule has 2 rings (SSSR count). The normalized spacial score (nSPS) is 9.90. The monoisotopic (exact) mass is 272 g/mol. The zero-order chi connectivity index (χ0) is 14.5. The van der Waals surface area contributed by atoms with E-state index in [-0.39, 0.29) is 5.91 Å². The zero-order valence-corrected chi connectivity index (χ0v) is 11.3. The molecule has 0 saturated heterocycles. The Hall–Kier alpha value is -2.69. The average molecular weight is 272 g/mol. The molecule has 0 aliphatic heterocycles. The Kier molecular flexibility index (Phi) is 4.10. The van der Waals surface area contributed by atoms with Gasteiger partial charge in [-0.05, 0) is 36.4 Å². The molecule has 0 fully saturated rings. The predicted octanol–water partition coefficient (Wildman–Crippen LogP) is 2.54. The second-order valence-electron chi connectivity index (χ2n) is 4.15. The molecular weight excluding hydrogens is 256 g/mol. The summed E-state index contributed by atoms with van der Waals surface area (Å²) in [7, 11) is 3.09. The Morgan fingerprint density at radius 3 is 2.60 bits per heavy atom. The highest BCUT2D eigenvalue weighted by molar-refractivity contribution is 6.05. The van der Waals surface area contributed by atoms with Crippen molar-refractivity contribution in [2.24, 2.45) is 0 Å². The van der Waals surface area contributed by atoms with Crippen molar-refractivity contribution in [2.75, 3.05) is 25.3 Å². The van der Waals surface area contributed by atoms with Crippen LogP contribution in [0.25, 0.3) is 0 Å². The van der Waals surface area contributed by atoms with Crippen LogP contribution in [0.15, 0.2) is 42.5 Å². The summed E-state index contributed by atoms with van der Waals surface area (Å²) in [5.74, 6) is 0.917. The lowest BCUT2D eigenvalue weighted by Gasteiger charge is -2.11. The molecule has 5 heteroatoms. The molecule has 0 heterocycles. The third-order valence-electron chi connectivity index (χ3n) is 2.80. The summed E-state index contributed by atoms with van der Waals surface area (Å²) in [6.07, 6.45) is 0. The highest BCUT2D eigenvalue weighted by Crippen LogP contribution is 2.27. The van der Waals surface area contributed by atoms with Crippen LogP contribution in [0.5, 0.6) is 11.5 Å². The second-order valence-corrected chi connectivity index (χ2v) is 4.15. The van der Waals surface area contributed by atoms with Crippen LogP contribution in [0, 0.1) is 0 Å². The van der Waals surface area contributed by atoms with Crippen LogP contribution in [0.4, 0.5) is 11.4 Å². The summed E-state index contributed by atoms with van der Waals surface area (Å²) in [5, 5.41) is 2.77. The molecular formula is C15H16N2O3. The molecule has 3 N–H and O–H groups in total. The van der Waals surface area contributed by atoms with Gasteiger partial charge in [0.2, 0.25) is 0 Å². The third-order valence-corrected chi connectivity index (χ3v) is 2.80. The van der Waals surface area contributed by atoms with Crippen molar-refractivity contribution >= 4 is 17.3 Å². The van der Waals surface area contributed by atoms with Gasteiger partial charge in [-0.2, -0.15) is 0 Å². The number of nitrogen functional groups attached to an aromatic ring is 1. The molecule has 0 spiro atoms. The van der Waals surface area contributed by atoms with Gasteiger partial charge in [-0.15, -0.1) is 0 Å². The van der Waals surface area contributed by atoms with E-state index in [1.165, 1.54) is 7.11 Å². The van der Waals surface area contributed by atoms with Gasteiger partial charge in [0, 0.05) is 11.3 Å². The van der Waals surface area contributed by atoms with E-state index in [2.05, 4.69) is 5.32 Å². The Labute approximate surface area is 117 Å². The fourth-order valence-corrected chi connectivity index (χ4v) is 1.78. The number of hydrogen-bond donors (Lipinski definition) is 2. The van der Waals surface area contributed by atoms with Crippen LogP contribution >= 0.6 is 0 Å². The molecule has 2 aromatic rings.